The van der Waals surface area contributed by atoms with E-state index in [1.54, 1.807) is 5.30 Å². The summed E-state index contributed by atoms with van der Waals surface area (Å²) in [6.07, 6.45) is 8.54. The number of benzene rings is 1. The second kappa shape index (κ2) is 9.15. The van der Waals surface area contributed by atoms with E-state index in [9.17, 15) is 0 Å². The van der Waals surface area contributed by atoms with Crippen LogP contribution in [0.4, 0.5) is 0 Å². The van der Waals surface area contributed by atoms with Gasteiger partial charge in [-0.3, -0.25) is 0 Å². The minimum Gasteiger partial charge on any atom is -0.0946 e. The Morgan fingerprint density at radius 2 is 1.75 bits per heavy atom. The molecule has 1 aromatic carbocycles. The van der Waals surface area contributed by atoms with E-state index in [2.05, 4.69) is 38.1 Å². The molecule has 90 valence electrons. The zero-order chi connectivity index (χ0) is 11.6. The molecule has 0 radical (unpaired) electrons. The molecule has 0 aromatic heterocycles. The molecule has 2 heteroatoms. The van der Waals surface area contributed by atoms with E-state index in [1.165, 1.54) is 43.8 Å². The van der Waals surface area contributed by atoms with Crippen molar-refractivity contribution in [2.75, 3.05) is 6.16 Å². The first-order chi connectivity index (χ1) is 7.84. The highest BCUT2D eigenvalue weighted by molar-refractivity contribution is 8.15. The first-order valence-electron chi connectivity index (χ1n) is 6.39. The SMILES string of the molecule is CCCCCCCPPc1ccccc1C. The molecule has 0 aliphatic carbocycles. The summed E-state index contributed by atoms with van der Waals surface area (Å²) in [6, 6.07) is 8.82. The van der Waals surface area contributed by atoms with Crippen LogP contribution in [0, 0.1) is 6.92 Å². The van der Waals surface area contributed by atoms with Gasteiger partial charge in [0.25, 0.3) is 0 Å². The van der Waals surface area contributed by atoms with Crippen LogP contribution in [0.15, 0.2) is 24.3 Å². The van der Waals surface area contributed by atoms with E-state index in [-0.39, 0.29) is 0 Å². The van der Waals surface area contributed by atoms with Crippen molar-refractivity contribution in [1.29, 1.82) is 0 Å². The lowest BCUT2D eigenvalue weighted by atomic mass is 10.2. The Morgan fingerprint density at radius 3 is 2.50 bits per heavy atom. The molecule has 0 aliphatic rings. The Kier molecular flexibility index (Phi) is 8.08. The number of unbranched alkanes of at least 4 members (excludes halogenated alkanes) is 4. The molecular formula is C14H24P2. The van der Waals surface area contributed by atoms with E-state index >= 15 is 0 Å². The molecular weight excluding hydrogens is 230 g/mol. The van der Waals surface area contributed by atoms with Gasteiger partial charge in [0.1, 0.15) is 0 Å². The fourth-order valence-electron chi connectivity index (χ4n) is 1.69. The van der Waals surface area contributed by atoms with E-state index < -0.39 is 0 Å². The van der Waals surface area contributed by atoms with Gasteiger partial charge in [-0.15, -0.1) is 0 Å². The van der Waals surface area contributed by atoms with E-state index in [1.807, 2.05) is 0 Å². The highest BCUT2D eigenvalue weighted by Gasteiger charge is 1.96. The van der Waals surface area contributed by atoms with Crippen LogP contribution in [0.2, 0.25) is 0 Å². The predicted octanol–water partition coefficient (Wildman–Crippen LogP) is 4.86. The summed E-state index contributed by atoms with van der Waals surface area (Å²) in [5, 5.41) is 1.58. The minimum atomic E-state index is 1.04. The lowest BCUT2D eigenvalue weighted by Gasteiger charge is -2.05. The van der Waals surface area contributed by atoms with Crippen LogP contribution >= 0.6 is 16.5 Å². The molecule has 2 unspecified atom stereocenters. The molecule has 1 aromatic rings. The van der Waals surface area contributed by atoms with E-state index in [0.29, 0.717) is 0 Å². The fourth-order valence-corrected chi connectivity index (χ4v) is 5.21. The Labute approximate surface area is 104 Å². The molecule has 1 rings (SSSR count). The van der Waals surface area contributed by atoms with Crippen molar-refractivity contribution in [3.05, 3.63) is 29.8 Å². The van der Waals surface area contributed by atoms with E-state index in [0.717, 1.165) is 16.5 Å². The molecule has 0 bridgehead atoms. The van der Waals surface area contributed by atoms with Crippen LogP contribution in [0.5, 0.6) is 0 Å². The van der Waals surface area contributed by atoms with Crippen LogP contribution in [0.1, 0.15) is 44.6 Å². The van der Waals surface area contributed by atoms with Gasteiger partial charge in [0.15, 0.2) is 0 Å². The maximum atomic E-state index is 2.29. The summed E-state index contributed by atoms with van der Waals surface area (Å²) in [5.74, 6) is 0. The molecule has 0 spiro atoms. The molecule has 0 saturated carbocycles. The molecule has 2 atom stereocenters. The molecule has 0 saturated heterocycles. The van der Waals surface area contributed by atoms with Crippen molar-refractivity contribution >= 4 is 21.8 Å². The van der Waals surface area contributed by atoms with Gasteiger partial charge in [-0.2, -0.15) is 0 Å². The maximum absolute atomic E-state index is 2.29. The minimum absolute atomic E-state index is 1.04. The largest absolute Gasteiger partial charge is 0.0946 e. The molecule has 0 heterocycles. The van der Waals surface area contributed by atoms with Gasteiger partial charge in [-0.25, -0.2) is 0 Å². The van der Waals surface area contributed by atoms with Gasteiger partial charge in [0.05, 0.1) is 0 Å². The second-order valence-corrected chi connectivity index (χ2v) is 7.73. The van der Waals surface area contributed by atoms with Gasteiger partial charge in [-0.1, -0.05) is 73.4 Å². The van der Waals surface area contributed by atoms with Crippen LogP contribution in [0.25, 0.3) is 0 Å². The van der Waals surface area contributed by atoms with Crippen molar-refractivity contribution < 1.29 is 0 Å². The second-order valence-electron chi connectivity index (χ2n) is 4.28. The molecule has 0 fully saturated rings. The van der Waals surface area contributed by atoms with Gasteiger partial charge >= 0.3 is 0 Å². The fraction of sp³-hybridized carbons (Fsp3) is 0.571. The zero-order valence-electron chi connectivity index (χ0n) is 10.6. The highest BCUT2D eigenvalue weighted by Crippen LogP contribution is 2.37. The van der Waals surface area contributed by atoms with Gasteiger partial charge in [0.2, 0.25) is 0 Å². The van der Waals surface area contributed by atoms with Crippen LogP contribution in [0.3, 0.4) is 0 Å². The lowest BCUT2D eigenvalue weighted by molar-refractivity contribution is 0.659. The molecule has 0 N–H and O–H groups in total. The van der Waals surface area contributed by atoms with Gasteiger partial charge in [0, 0.05) is 0 Å². The topological polar surface area (TPSA) is 0 Å². The number of hydrogen-bond donors (Lipinski definition) is 0. The highest BCUT2D eigenvalue weighted by atomic mass is 32.0. The van der Waals surface area contributed by atoms with Crippen molar-refractivity contribution in [3.63, 3.8) is 0 Å². The van der Waals surface area contributed by atoms with Crippen molar-refractivity contribution in [2.45, 2.75) is 46.0 Å². The first-order valence-corrected chi connectivity index (χ1v) is 9.60. The Balaban J connectivity index is 2.05. The smallest absolute Gasteiger partial charge is 0.0201 e. The van der Waals surface area contributed by atoms with Gasteiger partial charge < -0.3 is 0 Å². The van der Waals surface area contributed by atoms with Crippen LogP contribution < -0.4 is 5.30 Å². The molecule has 0 amide bonds. The molecule has 0 nitrogen and oxygen atoms in total. The lowest BCUT2D eigenvalue weighted by Crippen LogP contribution is -1.96. The third-order valence-electron chi connectivity index (χ3n) is 2.77. The standard InChI is InChI=1S/C14H24P2/c1-3-4-5-6-9-12-15-16-14-11-8-7-10-13(14)2/h7-8,10-11,15-16H,3-6,9,12H2,1-2H3. The number of aryl methyl sites for hydroxylation is 1. The summed E-state index contributed by atoms with van der Waals surface area (Å²) in [4.78, 5) is 0. The summed E-state index contributed by atoms with van der Waals surface area (Å²) in [6.45, 7) is 4.51. The zero-order valence-corrected chi connectivity index (χ0v) is 12.6. The Bertz CT molecular complexity index is 284. The molecule has 16 heavy (non-hydrogen) atoms. The van der Waals surface area contributed by atoms with Gasteiger partial charge in [-0.05, 0) is 30.4 Å². The summed E-state index contributed by atoms with van der Waals surface area (Å²) in [7, 11) is 2.19. The summed E-state index contributed by atoms with van der Waals surface area (Å²) >= 11 is 0. The molecule has 0 aliphatic heterocycles. The van der Waals surface area contributed by atoms with Crippen LogP contribution in [-0.2, 0) is 0 Å². The summed E-state index contributed by atoms with van der Waals surface area (Å²) < 4.78 is 0. The monoisotopic (exact) mass is 254 g/mol. The third-order valence-corrected chi connectivity index (χ3v) is 6.47. The third kappa shape index (κ3) is 5.97. The quantitative estimate of drug-likeness (QED) is 0.459. The van der Waals surface area contributed by atoms with Crippen LogP contribution in [-0.4, -0.2) is 6.16 Å². The normalized spacial score (nSPS) is 12.1. The van der Waals surface area contributed by atoms with Crippen molar-refractivity contribution in [2.24, 2.45) is 0 Å². The predicted molar refractivity (Wildman–Crippen MR) is 81.1 cm³/mol. The van der Waals surface area contributed by atoms with Crippen molar-refractivity contribution in [3.8, 4) is 0 Å². The Morgan fingerprint density at radius 1 is 1.00 bits per heavy atom. The Hall–Kier alpha value is 0.0800. The first kappa shape index (κ1) is 14.1. The maximum Gasteiger partial charge on any atom is -0.0201 e. The average Bonchev–Trinajstić information content (AvgIpc) is 2.30. The average molecular weight is 254 g/mol. The number of rotatable bonds is 8. The van der Waals surface area contributed by atoms with Crippen molar-refractivity contribution in [1.82, 2.24) is 0 Å². The van der Waals surface area contributed by atoms with E-state index in [4.69, 9.17) is 0 Å². The summed E-state index contributed by atoms with van der Waals surface area (Å²) in [5.41, 5.74) is 1.47. The number of hydrogen-bond acceptors (Lipinski definition) is 0.